The third kappa shape index (κ3) is 6.75. The van der Waals surface area contributed by atoms with Crippen LogP contribution < -0.4 is 5.73 Å². The third-order valence-electron chi connectivity index (χ3n) is 7.20. The molecule has 3 rings (SSSR count). The number of carbonyl (C=O) groups is 2. The Kier molecular flexibility index (Phi) is 9.28. The molecule has 1 aromatic rings. The van der Waals surface area contributed by atoms with Gasteiger partial charge in [0.1, 0.15) is 0 Å². The Labute approximate surface area is 211 Å². The number of aryl methyl sites for hydroxylation is 1. The summed E-state index contributed by atoms with van der Waals surface area (Å²) in [6.45, 7) is 9.43. The second-order valence-electron chi connectivity index (χ2n) is 9.77. The maximum absolute atomic E-state index is 13.0. The van der Waals surface area contributed by atoms with Gasteiger partial charge in [-0.05, 0) is 81.0 Å². The lowest BCUT2D eigenvalue weighted by Crippen LogP contribution is -2.44. The van der Waals surface area contributed by atoms with Crippen molar-refractivity contribution in [3.63, 3.8) is 0 Å². The number of halogens is 2. The number of urea groups is 1. The number of likely N-dealkylation sites (tertiary alicyclic amines) is 2. The average molecular weight is 539 g/mol. The van der Waals surface area contributed by atoms with Gasteiger partial charge in [-0.3, -0.25) is 4.79 Å². The number of piperidine rings is 2. The molecule has 2 heterocycles. The zero-order chi connectivity index (χ0) is 24.1. The van der Waals surface area contributed by atoms with Crippen LogP contribution in [0.15, 0.2) is 28.3 Å². The van der Waals surface area contributed by atoms with Crippen LogP contribution in [0.5, 0.6) is 0 Å². The number of benzene rings is 1. The minimum atomic E-state index is -0.355. The highest BCUT2D eigenvalue weighted by Gasteiger charge is 2.32. The van der Waals surface area contributed by atoms with Gasteiger partial charge in [-0.15, -0.1) is 0 Å². The maximum Gasteiger partial charge on any atom is 0.314 e. The molecule has 0 saturated carbocycles. The Bertz CT molecular complexity index is 884. The summed E-state index contributed by atoms with van der Waals surface area (Å²) >= 11 is 10.1. The van der Waals surface area contributed by atoms with Crippen molar-refractivity contribution in [1.29, 1.82) is 0 Å². The van der Waals surface area contributed by atoms with Crippen molar-refractivity contribution in [2.75, 3.05) is 26.2 Å². The lowest BCUT2D eigenvalue weighted by Gasteiger charge is -2.37. The summed E-state index contributed by atoms with van der Waals surface area (Å²) in [6, 6.07) is 3.74. The normalized spacial score (nSPS) is 18.8. The molecule has 2 saturated heterocycles. The molecule has 1 atom stereocenters. The number of nitrogens with two attached hydrogens (primary N) is 1. The first-order chi connectivity index (χ1) is 15.7. The molecule has 0 aromatic heterocycles. The van der Waals surface area contributed by atoms with E-state index >= 15 is 0 Å². The van der Waals surface area contributed by atoms with Crippen LogP contribution in [0.1, 0.15) is 69.9 Å². The zero-order valence-electron chi connectivity index (χ0n) is 20.1. The van der Waals surface area contributed by atoms with Crippen molar-refractivity contribution < 1.29 is 9.59 Å². The van der Waals surface area contributed by atoms with Gasteiger partial charge in [-0.25, -0.2) is 4.79 Å². The van der Waals surface area contributed by atoms with E-state index in [-0.39, 0.29) is 11.9 Å². The van der Waals surface area contributed by atoms with E-state index in [0.717, 1.165) is 54.7 Å². The molecular formula is C26H37BrClN3O2. The van der Waals surface area contributed by atoms with Gasteiger partial charge in [-0.2, -0.15) is 0 Å². The second-order valence-corrected chi connectivity index (χ2v) is 11.1. The fraction of sp³-hybridized carbons (Fsp3) is 0.615. The van der Waals surface area contributed by atoms with E-state index in [1.54, 1.807) is 4.90 Å². The molecule has 0 spiro atoms. The van der Waals surface area contributed by atoms with Crippen molar-refractivity contribution in [2.24, 2.45) is 17.6 Å². The van der Waals surface area contributed by atoms with Gasteiger partial charge >= 0.3 is 6.03 Å². The van der Waals surface area contributed by atoms with Gasteiger partial charge in [0, 0.05) is 48.0 Å². The fourth-order valence-electron chi connectivity index (χ4n) is 5.36. The second kappa shape index (κ2) is 11.7. The highest BCUT2D eigenvalue weighted by atomic mass is 79.9. The van der Waals surface area contributed by atoms with Gasteiger partial charge < -0.3 is 15.5 Å². The Morgan fingerprint density at radius 1 is 1.12 bits per heavy atom. The first kappa shape index (κ1) is 26.1. The van der Waals surface area contributed by atoms with Crippen LogP contribution in [0.4, 0.5) is 4.79 Å². The highest BCUT2D eigenvalue weighted by Crippen LogP contribution is 2.41. The third-order valence-corrected chi connectivity index (χ3v) is 8.07. The molecule has 2 aliphatic rings. The smallest absolute Gasteiger partial charge is 0.314 e. The number of hydrogen-bond donors (Lipinski definition) is 1. The minimum Gasteiger partial charge on any atom is -0.351 e. The fourth-order valence-corrected chi connectivity index (χ4v) is 6.50. The number of allylic oxidation sites excluding steroid dienone is 2. The van der Waals surface area contributed by atoms with Crippen LogP contribution in [0.2, 0.25) is 5.02 Å². The number of hydrogen-bond acceptors (Lipinski definition) is 2. The molecule has 0 radical (unpaired) electrons. The van der Waals surface area contributed by atoms with Gasteiger partial charge in [0.05, 0.1) is 0 Å². The minimum absolute atomic E-state index is 0.256. The summed E-state index contributed by atoms with van der Waals surface area (Å²) < 4.78 is 1.08. The summed E-state index contributed by atoms with van der Waals surface area (Å²) in [5, 5.41) is 0.764. The molecule has 0 bridgehead atoms. The van der Waals surface area contributed by atoms with Crippen LogP contribution in [0, 0.1) is 11.8 Å². The molecule has 0 aliphatic carbocycles. The molecule has 2 aliphatic heterocycles. The molecule has 2 N–H and O–H groups in total. The Morgan fingerprint density at radius 3 is 2.27 bits per heavy atom. The van der Waals surface area contributed by atoms with E-state index in [2.05, 4.69) is 48.8 Å². The SMILES string of the molecule is CCc1cc(Cl)cc(Br)c1C(C=C(C)C)C1CCN(C(=O)CC2CCN(C(N)=O)CC2)CC1. The van der Waals surface area contributed by atoms with E-state index < -0.39 is 0 Å². The van der Waals surface area contributed by atoms with Gasteiger partial charge in [0.25, 0.3) is 0 Å². The molecule has 3 amide bonds. The summed E-state index contributed by atoms with van der Waals surface area (Å²) in [7, 11) is 0. The predicted octanol–water partition coefficient (Wildman–Crippen LogP) is 6.13. The largest absolute Gasteiger partial charge is 0.351 e. The topological polar surface area (TPSA) is 66.6 Å². The molecule has 5 nitrogen and oxygen atoms in total. The molecule has 1 unspecified atom stereocenters. The average Bonchev–Trinajstić information content (AvgIpc) is 2.77. The lowest BCUT2D eigenvalue weighted by atomic mass is 9.77. The predicted molar refractivity (Wildman–Crippen MR) is 139 cm³/mol. The monoisotopic (exact) mass is 537 g/mol. The van der Waals surface area contributed by atoms with Crippen molar-refractivity contribution >= 4 is 39.5 Å². The van der Waals surface area contributed by atoms with Gasteiger partial charge in [0.2, 0.25) is 5.91 Å². The Hall–Kier alpha value is -1.53. The maximum atomic E-state index is 13.0. The van der Waals surface area contributed by atoms with Crippen LogP contribution in [0.3, 0.4) is 0 Å². The molecule has 33 heavy (non-hydrogen) atoms. The molecular weight excluding hydrogens is 502 g/mol. The van der Waals surface area contributed by atoms with Crippen LogP contribution in [-0.2, 0) is 11.2 Å². The van der Waals surface area contributed by atoms with E-state index in [1.165, 1.54) is 16.7 Å². The van der Waals surface area contributed by atoms with Crippen molar-refractivity contribution in [3.05, 3.63) is 44.4 Å². The number of carbonyl (C=O) groups excluding carboxylic acids is 2. The van der Waals surface area contributed by atoms with Crippen molar-refractivity contribution in [3.8, 4) is 0 Å². The number of rotatable bonds is 6. The van der Waals surface area contributed by atoms with E-state index in [9.17, 15) is 9.59 Å². The first-order valence-corrected chi connectivity index (χ1v) is 13.3. The summed E-state index contributed by atoms with van der Waals surface area (Å²) in [6.07, 6.45) is 7.63. The van der Waals surface area contributed by atoms with Gasteiger partial charge in [0.15, 0.2) is 0 Å². The highest BCUT2D eigenvalue weighted by molar-refractivity contribution is 9.10. The summed E-state index contributed by atoms with van der Waals surface area (Å²) in [5.74, 6) is 1.41. The first-order valence-electron chi connectivity index (χ1n) is 12.1. The van der Waals surface area contributed by atoms with Crippen LogP contribution >= 0.6 is 27.5 Å². The number of primary amides is 1. The van der Waals surface area contributed by atoms with Crippen molar-refractivity contribution in [2.45, 2.75) is 65.2 Å². The zero-order valence-corrected chi connectivity index (χ0v) is 22.4. The standard InChI is InChI=1S/C26H37BrClN3O2/c1-4-19-15-21(28)16-23(27)25(19)22(13-17(2)3)20-7-11-30(12-8-20)24(32)14-18-5-9-31(10-6-18)26(29)33/h13,15-16,18,20,22H,4-12,14H2,1-3H3,(H2,29,33). The van der Waals surface area contributed by atoms with E-state index in [0.29, 0.717) is 37.3 Å². The summed E-state index contributed by atoms with van der Waals surface area (Å²) in [5.41, 5.74) is 9.31. The van der Waals surface area contributed by atoms with Crippen LogP contribution in [-0.4, -0.2) is 47.9 Å². The van der Waals surface area contributed by atoms with Crippen molar-refractivity contribution in [1.82, 2.24) is 9.80 Å². The summed E-state index contributed by atoms with van der Waals surface area (Å²) in [4.78, 5) is 28.0. The molecule has 182 valence electrons. The molecule has 7 heteroatoms. The van der Waals surface area contributed by atoms with E-state index in [1.807, 2.05) is 11.0 Å². The van der Waals surface area contributed by atoms with E-state index in [4.69, 9.17) is 17.3 Å². The quantitative estimate of drug-likeness (QED) is 0.443. The van der Waals surface area contributed by atoms with Crippen LogP contribution in [0.25, 0.3) is 0 Å². The Morgan fingerprint density at radius 2 is 1.73 bits per heavy atom. The molecule has 1 aromatic carbocycles. The number of amides is 3. The van der Waals surface area contributed by atoms with Gasteiger partial charge in [-0.1, -0.05) is 46.1 Å². The lowest BCUT2D eigenvalue weighted by molar-refractivity contribution is -0.134. The Balaban J connectivity index is 1.64. The molecule has 2 fully saturated rings. The number of nitrogens with zero attached hydrogens (tertiary/aromatic N) is 2.